The van der Waals surface area contributed by atoms with Gasteiger partial charge in [0.05, 0.1) is 12.6 Å². The minimum Gasteiger partial charge on any atom is -0.387 e. The molecule has 0 aliphatic carbocycles. The number of aromatic nitrogens is 2. The van der Waals surface area contributed by atoms with Gasteiger partial charge in [-0.25, -0.2) is 4.98 Å². The third-order valence-corrected chi connectivity index (χ3v) is 3.48. The van der Waals surface area contributed by atoms with Crippen LogP contribution in [0.5, 0.6) is 0 Å². The molecule has 1 aromatic carbocycles. The van der Waals surface area contributed by atoms with Gasteiger partial charge in [-0.05, 0) is 17.0 Å². The minimum atomic E-state index is -0.485. The zero-order valence-corrected chi connectivity index (χ0v) is 11.9. The number of benzene rings is 1. The molecule has 1 unspecified atom stereocenters. The summed E-state index contributed by atoms with van der Waals surface area (Å²) in [5.74, 6) is 1.53. The third kappa shape index (κ3) is 3.24. The van der Waals surface area contributed by atoms with Crippen molar-refractivity contribution in [3.63, 3.8) is 0 Å². The lowest BCUT2D eigenvalue weighted by atomic mass is 10.00. The second-order valence-corrected chi connectivity index (χ2v) is 5.19. The van der Waals surface area contributed by atoms with Crippen LogP contribution in [-0.4, -0.2) is 14.7 Å². The monoisotopic (exact) mass is 258 g/mol. The molecular formula is C16H22N2O. The van der Waals surface area contributed by atoms with Crippen LogP contribution in [0.1, 0.15) is 49.7 Å². The van der Waals surface area contributed by atoms with Crippen molar-refractivity contribution in [3.8, 4) is 0 Å². The zero-order valence-electron chi connectivity index (χ0n) is 11.9. The lowest BCUT2D eigenvalue weighted by molar-refractivity contribution is 0.155. The van der Waals surface area contributed by atoms with E-state index in [-0.39, 0.29) is 0 Å². The van der Waals surface area contributed by atoms with Crippen LogP contribution in [0.3, 0.4) is 0 Å². The molecule has 3 heteroatoms. The molecule has 0 radical (unpaired) electrons. The summed E-state index contributed by atoms with van der Waals surface area (Å²) in [6.45, 7) is 6.97. The normalized spacial score (nSPS) is 12.9. The number of aryl methyl sites for hydroxylation is 1. The number of rotatable bonds is 5. The number of imidazole rings is 1. The summed E-state index contributed by atoms with van der Waals surface area (Å²) in [5, 5.41) is 10.3. The second-order valence-electron chi connectivity index (χ2n) is 5.19. The van der Waals surface area contributed by atoms with Crippen LogP contribution in [-0.2, 0) is 13.0 Å². The van der Waals surface area contributed by atoms with E-state index in [1.54, 1.807) is 6.20 Å². The van der Waals surface area contributed by atoms with Gasteiger partial charge in [0.1, 0.15) is 5.82 Å². The first-order valence-electron chi connectivity index (χ1n) is 6.89. The summed E-state index contributed by atoms with van der Waals surface area (Å²) >= 11 is 0. The number of hydrogen-bond acceptors (Lipinski definition) is 2. The quantitative estimate of drug-likeness (QED) is 0.893. The Morgan fingerprint density at radius 3 is 2.37 bits per heavy atom. The van der Waals surface area contributed by atoms with E-state index in [2.05, 4.69) is 37.9 Å². The van der Waals surface area contributed by atoms with Crippen molar-refractivity contribution in [2.24, 2.45) is 0 Å². The van der Waals surface area contributed by atoms with Crippen molar-refractivity contribution in [2.75, 3.05) is 0 Å². The van der Waals surface area contributed by atoms with Crippen molar-refractivity contribution in [1.29, 1.82) is 0 Å². The molecule has 19 heavy (non-hydrogen) atoms. The van der Waals surface area contributed by atoms with Crippen molar-refractivity contribution in [3.05, 3.63) is 53.6 Å². The summed E-state index contributed by atoms with van der Waals surface area (Å²) in [6, 6.07) is 8.22. The SMILES string of the molecule is CCc1nccn1CC(O)c1ccc(C(C)C)cc1. The van der Waals surface area contributed by atoms with E-state index in [0.29, 0.717) is 12.5 Å². The molecule has 2 aromatic rings. The van der Waals surface area contributed by atoms with Gasteiger partial charge in [0.15, 0.2) is 0 Å². The molecule has 0 aliphatic rings. The Morgan fingerprint density at radius 1 is 1.16 bits per heavy atom. The van der Waals surface area contributed by atoms with E-state index in [1.807, 2.05) is 22.9 Å². The number of nitrogens with zero attached hydrogens (tertiary/aromatic N) is 2. The van der Waals surface area contributed by atoms with E-state index in [0.717, 1.165) is 17.8 Å². The van der Waals surface area contributed by atoms with Crippen molar-refractivity contribution < 1.29 is 5.11 Å². The standard InChI is InChI=1S/C16H22N2O/c1-4-16-17-9-10-18(16)11-15(19)14-7-5-13(6-8-14)12(2)3/h5-10,12,15,19H,4,11H2,1-3H3. The molecule has 1 aromatic heterocycles. The molecule has 0 saturated carbocycles. The average Bonchev–Trinajstić information content (AvgIpc) is 2.86. The fourth-order valence-electron chi connectivity index (χ4n) is 2.22. The van der Waals surface area contributed by atoms with Crippen LogP contribution in [0.15, 0.2) is 36.7 Å². The molecule has 1 N–H and O–H groups in total. The Kier molecular flexibility index (Phi) is 4.38. The molecular weight excluding hydrogens is 236 g/mol. The Bertz CT molecular complexity index is 514. The largest absolute Gasteiger partial charge is 0.387 e. The fourth-order valence-corrected chi connectivity index (χ4v) is 2.22. The molecule has 102 valence electrons. The van der Waals surface area contributed by atoms with Gasteiger partial charge >= 0.3 is 0 Å². The Balaban J connectivity index is 2.09. The molecule has 1 atom stereocenters. The molecule has 0 aliphatic heterocycles. The molecule has 0 fully saturated rings. The summed E-state index contributed by atoms with van der Waals surface area (Å²) in [5.41, 5.74) is 2.26. The van der Waals surface area contributed by atoms with E-state index < -0.39 is 6.10 Å². The molecule has 0 spiro atoms. The van der Waals surface area contributed by atoms with Gasteiger partial charge in [0, 0.05) is 18.8 Å². The van der Waals surface area contributed by atoms with E-state index >= 15 is 0 Å². The molecule has 2 rings (SSSR count). The maximum absolute atomic E-state index is 10.3. The van der Waals surface area contributed by atoms with E-state index in [9.17, 15) is 5.11 Å². The number of hydrogen-bond donors (Lipinski definition) is 1. The highest BCUT2D eigenvalue weighted by Crippen LogP contribution is 2.20. The average molecular weight is 258 g/mol. The van der Waals surface area contributed by atoms with Gasteiger partial charge in [-0.2, -0.15) is 0 Å². The van der Waals surface area contributed by atoms with Gasteiger partial charge < -0.3 is 9.67 Å². The molecule has 0 saturated heterocycles. The molecule has 3 nitrogen and oxygen atoms in total. The number of aliphatic hydroxyl groups excluding tert-OH is 1. The first-order chi connectivity index (χ1) is 9.11. The summed E-state index contributed by atoms with van der Waals surface area (Å²) in [6.07, 6.45) is 4.10. The maximum atomic E-state index is 10.3. The van der Waals surface area contributed by atoms with E-state index in [4.69, 9.17) is 0 Å². The highest BCUT2D eigenvalue weighted by molar-refractivity contribution is 5.26. The third-order valence-electron chi connectivity index (χ3n) is 3.48. The van der Waals surface area contributed by atoms with Gasteiger partial charge in [-0.15, -0.1) is 0 Å². The van der Waals surface area contributed by atoms with Crippen LogP contribution < -0.4 is 0 Å². The predicted molar refractivity (Wildman–Crippen MR) is 77.1 cm³/mol. The predicted octanol–water partition coefficient (Wildman–Crippen LogP) is 3.30. The Morgan fingerprint density at radius 2 is 1.79 bits per heavy atom. The second kappa shape index (κ2) is 6.02. The summed E-state index contributed by atoms with van der Waals surface area (Å²) in [4.78, 5) is 4.27. The highest BCUT2D eigenvalue weighted by atomic mass is 16.3. The first-order valence-corrected chi connectivity index (χ1v) is 6.89. The van der Waals surface area contributed by atoms with Crippen LogP contribution in [0, 0.1) is 0 Å². The summed E-state index contributed by atoms with van der Waals surface area (Å²) in [7, 11) is 0. The maximum Gasteiger partial charge on any atom is 0.108 e. The number of aliphatic hydroxyl groups is 1. The smallest absolute Gasteiger partial charge is 0.108 e. The molecule has 1 heterocycles. The Labute approximate surface area is 114 Å². The highest BCUT2D eigenvalue weighted by Gasteiger charge is 2.10. The van der Waals surface area contributed by atoms with E-state index in [1.165, 1.54) is 5.56 Å². The molecule has 0 bridgehead atoms. The van der Waals surface area contributed by atoms with Gasteiger partial charge in [-0.1, -0.05) is 45.0 Å². The molecule has 0 amide bonds. The van der Waals surface area contributed by atoms with Crippen molar-refractivity contribution in [1.82, 2.24) is 9.55 Å². The lowest BCUT2D eigenvalue weighted by Crippen LogP contribution is -2.10. The van der Waals surface area contributed by atoms with Crippen LogP contribution in [0.4, 0.5) is 0 Å². The Hall–Kier alpha value is -1.61. The van der Waals surface area contributed by atoms with Gasteiger partial charge in [0.2, 0.25) is 0 Å². The topological polar surface area (TPSA) is 38.0 Å². The van der Waals surface area contributed by atoms with Gasteiger partial charge in [0.25, 0.3) is 0 Å². The van der Waals surface area contributed by atoms with Crippen LogP contribution in [0.2, 0.25) is 0 Å². The first kappa shape index (κ1) is 13.8. The zero-order chi connectivity index (χ0) is 13.8. The fraction of sp³-hybridized carbons (Fsp3) is 0.438. The lowest BCUT2D eigenvalue weighted by Gasteiger charge is -2.14. The summed E-state index contributed by atoms with van der Waals surface area (Å²) < 4.78 is 2.01. The van der Waals surface area contributed by atoms with Crippen LogP contribution in [0.25, 0.3) is 0 Å². The van der Waals surface area contributed by atoms with Crippen molar-refractivity contribution >= 4 is 0 Å². The van der Waals surface area contributed by atoms with Crippen LogP contribution >= 0.6 is 0 Å². The van der Waals surface area contributed by atoms with Gasteiger partial charge in [-0.3, -0.25) is 0 Å². The minimum absolute atomic E-state index is 0.485. The van der Waals surface area contributed by atoms with Crippen molar-refractivity contribution in [2.45, 2.75) is 45.8 Å².